The van der Waals surface area contributed by atoms with Gasteiger partial charge in [-0.15, -0.1) is 11.8 Å². The first-order chi connectivity index (χ1) is 15.5. The molecular formula is C25H32N4O2S. The van der Waals surface area contributed by atoms with Gasteiger partial charge >= 0.3 is 11.8 Å². The Balaban J connectivity index is 1.44. The Labute approximate surface area is 194 Å². The fourth-order valence-corrected chi connectivity index (χ4v) is 5.10. The van der Waals surface area contributed by atoms with Crippen LogP contribution in [0.15, 0.2) is 47.4 Å². The quantitative estimate of drug-likeness (QED) is 0.517. The monoisotopic (exact) mass is 452 g/mol. The number of nitrogens with one attached hydrogen (secondary N) is 2. The fourth-order valence-electron chi connectivity index (χ4n) is 4.64. The predicted octanol–water partition coefficient (Wildman–Crippen LogP) is 3.68. The topological polar surface area (TPSA) is 64.7 Å². The second-order valence-electron chi connectivity index (χ2n) is 8.57. The van der Waals surface area contributed by atoms with Crippen LogP contribution in [-0.2, 0) is 16.0 Å². The lowest BCUT2D eigenvalue weighted by atomic mass is 9.98. The molecule has 1 saturated heterocycles. The number of carbonyl (C=O) groups is 2. The Kier molecular flexibility index (Phi) is 7.37. The molecule has 2 aromatic rings. The fraction of sp³-hybridized carbons (Fsp3) is 0.440. The van der Waals surface area contributed by atoms with Gasteiger partial charge in [-0.3, -0.25) is 14.5 Å². The van der Waals surface area contributed by atoms with Gasteiger partial charge in [-0.05, 0) is 74.0 Å². The number of likely N-dealkylation sites (N-methyl/N-ethyl adjacent to an activating group) is 1. The van der Waals surface area contributed by atoms with Crippen LogP contribution in [0.25, 0.3) is 0 Å². The minimum absolute atomic E-state index is 0.0723. The highest BCUT2D eigenvalue weighted by atomic mass is 32.2. The van der Waals surface area contributed by atoms with Crippen molar-refractivity contribution in [3.63, 3.8) is 0 Å². The van der Waals surface area contributed by atoms with E-state index in [9.17, 15) is 9.59 Å². The molecule has 6 nitrogen and oxygen atoms in total. The number of thioether (sulfide) groups is 1. The standard InChI is InChI=1S/C25H32N4O2S/c1-28-14-11-19-15-18(9-10-22(19)28)23(29-12-4-3-5-13-29)17-26-24(30)25(31)27-20-7-6-8-21(16-20)32-2/h6-10,15-16,23H,3-5,11-14,17H2,1-2H3,(H,26,30)(H,27,31)/t23-/m1/s1. The second-order valence-corrected chi connectivity index (χ2v) is 9.45. The minimum atomic E-state index is -0.628. The molecule has 0 aliphatic carbocycles. The lowest BCUT2D eigenvalue weighted by molar-refractivity contribution is -0.136. The maximum Gasteiger partial charge on any atom is 0.313 e. The van der Waals surface area contributed by atoms with Crippen molar-refractivity contribution in [3.05, 3.63) is 53.6 Å². The Morgan fingerprint density at radius 3 is 2.62 bits per heavy atom. The third kappa shape index (κ3) is 5.27. The van der Waals surface area contributed by atoms with Crippen LogP contribution < -0.4 is 15.5 Å². The highest BCUT2D eigenvalue weighted by molar-refractivity contribution is 7.98. The summed E-state index contributed by atoms with van der Waals surface area (Å²) in [5, 5.41) is 5.61. The van der Waals surface area contributed by atoms with E-state index in [1.807, 2.05) is 24.5 Å². The van der Waals surface area contributed by atoms with Crippen molar-refractivity contribution in [1.29, 1.82) is 0 Å². The number of likely N-dealkylation sites (tertiary alicyclic amines) is 1. The van der Waals surface area contributed by atoms with Gasteiger partial charge in [0.25, 0.3) is 0 Å². The number of hydrogen-bond donors (Lipinski definition) is 2. The third-order valence-electron chi connectivity index (χ3n) is 6.44. The molecule has 2 aromatic carbocycles. The Morgan fingerprint density at radius 1 is 1.03 bits per heavy atom. The van der Waals surface area contributed by atoms with E-state index in [0.29, 0.717) is 12.2 Å². The van der Waals surface area contributed by atoms with Gasteiger partial charge in [0.2, 0.25) is 0 Å². The SMILES string of the molecule is CSc1cccc(NC(=O)C(=O)NC[C@H](c2ccc3c(c2)CCN3C)N2CCCCC2)c1. The molecule has 7 heteroatoms. The molecule has 0 spiro atoms. The maximum atomic E-state index is 12.6. The number of hydrogen-bond acceptors (Lipinski definition) is 5. The van der Waals surface area contributed by atoms with Crippen LogP contribution in [0, 0.1) is 0 Å². The number of piperidine rings is 1. The minimum Gasteiger partial charge on any atom is -0.374 e. The van der Waals surface area contributed by atoms with Crippen molar-refractivity contribution in [2.75, 3.05) is 49.7 Å². The molecule has 2 N–H and O–H groups in total. The zero-order valence-corrected chi connectivity index (χ0v) is 19.7. The van der Waals surface area contributed by atoms with Gasteiger partial charge in [0.1, 0.15) is 0 Å². The predicted molar refractivity (Wildman–Crippen MR) is 131 cm³/mol. The number of amides is 2. The Bertz CT molecular complexity index is 974. The highest BCUT2D eigenvalue weighted by Gasteiger charge is 2.26. The summed E-state index contributed by atoms with van der Waals surface area (Å²) < 4.78 is 0. The van der Waals surface area contributed by atoms with E-state index in [1.165, 1.54) is 36.1 Å². The lowest BCUT2D eigenvalue weighted by Gasteiger charge is -2.35. The van der Waals surface area contributed by atoms with Crippen molar-refractivity contribution in [2.45, 2.75) is 36.6 Å². The molecule has 0 unspecified atom stereocenters. The smallest absolute Gasteiger partial charge is 0.313 e. The van der Waals surface area contributed by atoms with Crippen LogP contribution in [0.2, 0.25) is 0 Å². The summed E-state index contributed by atoms with van der Waals surface area (Å²) in [6.45, 7) is 3.50. The zero-order valence-electron chi connectivity index (χ0n) is 18.9. The summed E-state index contributed by atoms with van der Waals surface area (Å²) in [6.07, 6.45) is 6.62. The average Bonchev–Trinajstić information content (AvgIpc) is 3.20. The summed E-state index contributed by atoms with van der Waals surface area (Å²) in [7, 11) is 2.13. The summed E-state index contributed by atoms with van der Waals surface area (Å²) in [6, 6.07) is 14.2. The van der Waals surface area contributed by atoms with E-state index in [-0.39, 0.29) is 6.04 Å². The first-order valence-electron chi connectivity index (χ1n) is 11.4. The van der Waals surface area contributed by atoms with Gasteiger partial charge in [-0.2, -0.15) is 0 Å². The zero-order chi connectivity index (χ0) is 22.5. The maximum absolute atomic E-state index is 12.6. The van der Waals surface area contributed by atoms with Crippen LogP contribution in [0.5, 0.6) is 0 Å². The third-order valence-corrected chi connectivity index (χ3v) is 7.16. The highest BCUT2D eigenvalue weighted by Crippen LogP contribution is 2.32. The Hall–Kier alpha value is -2.51. The van der Waals surface area contributed by atoms with E-state index in [4.69, 9.17) is 0 Å². The van der Waals surface area contributed by atoms with Crippen LogP contribution in [-0.4, -0.2) is 56.2 Å². The molecule has 1 fully saturated rings. The molecule has 1 atom stereocenters. The molecule has 2 amide bonds. The molecule has 0 saturated carbocycles. The van der Waals surface area contributed by atoms with E-state index >= 15 is 0 Å². The normalized spacial score (nSPS) is 17.0. The van der Waals surface area contributed by atoms with Crippen LogP contribution in [0.4, 0.5) is 11.4 Å². The summed E-state index contributed by atoms with van der Waals surface area (Å²) >= 11 is 1.59. The van der Waals surface area contributed by atoms with Crippen molar-refractivity contribution in [2.24, 2.45) is 0 Å². The van der Waals surface area contributed by atoms with Crippen LogP contribution in [0.1, 0.15) is 36.4 Å². The van der Waals surface area contributed by atoms with Gasteiger partial charge in [0, 0.05) is 36.4 Å². The molecular weight excluding hydrogens is 420 g/mol. The molecule has 4 rings (SSSR count). The van der Waals surface area contributed by atoms with Crippen molar-refractivity contribution in [3.8, 4) is 0 Å². The lowest BCUT2D eigenvalue weighted by Crippen LogP contribution is -2.43. The molecule has 0 bridgehead atoms. The van der Waals surface area contributed by atoms with Crippen LogP contribution in [0.3, 0.4) is 0 Å². The molecule has 170 valence electrons. The first kappa shape index (κ1) is 22.7. The van der Waals surface area contributed by atoms with Crippen molar-refractivity contribution < 1.29 is 9.59 Å². The number of carbonyl (C=O) groups excluding carboxylic acids is 2. The first-order valence-corrected chi connectivity index (χ1v) is 12.6. The average molecular weight is 453 g/mol. The van der Waals surface area contributed by atoms with Crippen molar-refractivity contribution in [1.82, 2.24) is 10.2 Å². The van der Waals surface area contributed by atoms with E-state index in [2.05, 4.69) is 45.7 Å². The van der Waals surface area contributed by atoms with Gasteiger partial charge in [0.05, 0.1) is 6.04 Å². The summed E-state index contributed by atoms with van der Waals surface area (Å²) in [5.41, 5.74) is 4.51. The van der Waals surface area contributed by atoms with Crippen LogP contribution >= 0.6 is 11.8 Å². The van der Waals surface area contributed by atoms with Gasteiger partial charge in [-0.25, -0.2) is 0 Å². The molecule has 2 aliphatic rings. The van der Waals surface area contributed by atoms with Crippen molar-refractivity contribution >= 4 is 35.0 Å². The van der Waals surface area contributed by atoms with Gasteiger partial charge in [0.15, 0.2) is 0 Å². The largest absolute Gasteiger partial charge is 0.374 e. The second kappa shape index (κ2) is 10.4. The number of anilines is 2. The molecule has 0 aromatic heterocycles. The number of rotatable bonds is 6. The van der Waals surface area contributed by atoms with E-state index < -0.39 is 11.8 Å². The van der Waals surface area contributed by atoms with E-state index in [1.54, 1.807) is 17.8 Å². The number of fused-ring (bicyclic) bond motifs is 1. The van der Waals surface area contributed by atoms with Gasteiger partial charge < -0.3 is 15.5 Å². The van der Waals surface area contributed by atoms with E-state index in [0.717, 1.165) is 31.0 Å². The molecule has 2 heterocycles. The number of nitrogens with zero attached hydrogens (tertiary/aromatic N) is 2. The molecule has 32 heavy (non-hydrogen) atoms. The molecule has 2 aliphatic heterocycles. The Morgan fingerprint density at radius 2 is 1.84 bits per heavy atom. The summed E-state index contributed by atoms with van der Waals surface area (Å²) in [4.78, 5) is 30.8. The molecule has 0 radical (unpaired) electrons. The summed E-state index contributed by atoms with van der Waals surface area (Å²) in [5.74, 6) is -1.22. The van der Waals surface area contributed by atoms with Gasteiger partial charge in [-0.1, -0.05) is 24.6 Å². The number of benzene rings is 2.